The molecule has 1 heterocycles. The predicted molar refractivity (Wildman–Crippen MR) is 68.8 cm³/mol. The summed E-state index contributed by atoms with van der Waals surface area (Å²) >= 11 is 0. The average Bonchev–Trinajstić information content (AvgIpc) is 2.58. The minimum atomic E-state index is -0.681. The first-order valence-electron chi connectivity index (χ1n) is 6.92. The van der Waals surface area contributed by atoms with E-state index in [2.05, 4.69) is 25.8 Å². The first-order chi connectivity index (χ1) is 7.91. The summed E-state index contributed by atoms with van der Waals surface area (Å²) in [6.45, 7) is 6.30. The smallest absolute Gasteiger partial charge is 0.0864 e. The molecule has 1 saturated heterocycles. The maximum atomic E-state index is 11.0. The summed E-state index contributed by atoms with van der Waals surface area (Å²) < 4.78 is 0. The maximum absolute atomic E-state index is 11.0. The molecule has 0 amide bonds. The number of likely N-dealkylation sites (N-methyl/N-ethyl adjacent to an activating group) is 1. The van der Waals surface area contributed by atoms with Gasteiger partial charge in [-0.1, -0.05) is 13.8 Å². The van der Waals surface area contributed by atoms with E-state index in [-0.39, 0.29) is 12.0 Å². The molecule has 3 heteroatoms. The van der Waals surface area contributed by atoms with Crippen LogP contribution in [0.1, 0.15) is 39.5 Å². The van der Waals surface area contributed by atoms with E-state index in [9.17, 15) is 10.2 Å². The zero-order valence-corrected chi connectivity index (χ0v) is 11.4. The van der Waals surface area contributed by atoms with Gasteiger partial charge in [0.05, 0.1) is 12.2 Å². The van der Waals surface area contributed by atoms with E-state index in [1.807, 2.05) is 0 Å². The Hall–Kier alpha value is -0.120. The van der Waals surface area contributed by atoms with Crippen LogP contribution in [0.2, 0.25) is 0 Å². The Balaban J connectivity index is 2.24. The molecule has 3 nitrogen and oxygen atoms in total. The standard InChI is InChI=1S/C14H27NO2/c1-11-6-12(2)8-13(7-11,10-16)14(17)4-5-15(3)9-14/h11-12,16-17H,4-10H2,1-3H3. The molecule has 2 fully saturated rings. The molecule has 2 aliphatic rings. The zero-order chi connectivity index (χ0) is 12.7. The Morgan fingerprint density at radius 1 is 1.24 bits per heavy atom. The van der Waals surface area contributed by atoms with Gasteiger partial charge in [-0.15, -0.1) is 0 Å². The molecular formula is C14H27NO2. The molecule has 3 atom stereocenters. The van der Waals surface area contributed by atoms with Crippen molar-refractivity contribution in [1.29, 1.82) is 0 Å². The van der Waals surface area contributed by atoms with Crippen LogP contribution in [0.4, 0.5) is 0 Å². The van der Waals surface area contributed by atoms with Crippen molar-refractivity contribution in [3.63, 3.8) is 0 Å². The quantitative estimate of drug-likeness (QED) is 0.770. The lowest BCUT2D eigenvalue weighted by molar-refractivity contribution is -0.135. The van der Waals surface area contributed by atoms with E-state index >= 15 is 0 Å². The van der Waals surface area contributed by atoms with Crippen LogP contribution < -0.4 is 0 Å². The average molecular weight is 241 g/mol. The third-order valence-electron chi connectivity index (χ3n) is 5.01. The molecule has 3 unspecified atom stereocenters. The highest BCUT2D eigenvalue weighted by molar-refractivity contribution is 5.06. The fraction of sp³-hybridized carbons (Fsp3) is 1.00. The van der Waals surface area contributed by atoms with Crippen molar-refractivity contribution in [3.05, 3.63) is 0 Å². The number of aliphatic hydroxyl groups excluding tert-OH is 1. The van der Waals surface area contributed by atoms with E-state index in [4.69, 9.17) is 0 Å². The molecule has 100 valence electrons. The van der Waals surface area contributed by atoms with Gasteiger partial charge in [-0.05, 0) is 44.6 Å². The Labute approximate surface area is 105 Å². The molecule has 2 rings (SSSR count). The molecule has 2 N–H and O–H groups in total. The number of hydrogen-bond donors (Lipinski definition) is 2. The molecule has 17 heavy (non-hydrogen) atoms. The van der Waals surface area contributed by atoms with Crippen molar-refractivity contribution in [2.24, 2.45) is 17.3 Å². The van der Waals surface area contributed by atoms with Crippen molar-refractivity contribution < 1.29 is 10.2 Å². The number of rotatable bonds is 2. The van der Waals surface area contributed by atoms with Gasteiger partial charge in [0.1, 0.15) is 0 Å². The number of hydrogen-bond acceptors (Lipinski definition) is 3. The first-order valence-corrected chi connectivity index (χ1v) is 6.92. The lowest BCUT2D eigenvalue weighted by Crippen LogP contribution is -2.55. The van der Waals surface area contributed by atoms with Crippen LogP contribution in [0.5, 0.6) is 0 Å². The van der Waals surface area contributed by atoms with Crippen molar-refractivity contribution in [2.45, 2.75) is 45.1 Å². The highest BCUT2D eigenvalue weighted by Gasteiger charge is 2.54. The lowest BCUT2D eigenvalue weighted by atomic mass is 9.58. The van der Waals surface area contributed by atoms with Gasteiger partial charge in [0.15, 0.2) is 0 Å². The van der Waals surface area contributed by atoms with Crippen molar-refractivity contribution in [2.75, 3.05) is 26.7 Å². The van der Waals surface area contributed by atoms with Gasteiger partial charge in [0.25, 0.3) is 0 Å². The SMILES string of the molecule is CC1CC(C)CC(CO)(C2(O)CCN(C)C2)C1. The van der Waals surface area contributed by atoms with Gasteiger partial charge in [-0.2, -0.15) is 0 Å². The molecule has 0 bridgehead atoms. The van der Waals surface area contributed by atoms with E-state index in [0.29, 0.717) is 18.4 Å². The van der Waals surface area contributed by atoms with Gasteiger partial charge >= 0.3 is 0 Å². The van der Waals surface area contributed by atoms with Gasteiger partial charge in [0, 0.05) is 18.5 Å². The Kier molecular flexibility index (Phi) is 3.54. The van der Waals surface area contributed by atoms with Crippen LogP contribution in [0.15, 0.2) is 0 Å². The number of likely N-dealkylation sites (tertiary alicyclic amines) is 1. The molecule has 1 aliphatic carbocycles. The molecule has 0 spiro atoms. The molecule has 1 aliphatic heterocycles. The summed E-state index contributed by atoms with van der Waals surface area (Å²) in [4.78, 5) is 2.18. The monoisotopic (exact) mass is 241 g/mol. The molecule has 1 saturated carbocycles. The van der Waals surface area contributed by atoms with Crippen LogP contribution in [0, 0.1) is 17.3 Å². The normalized spacial score (nSPS) is 48.5. The van der Waals surface area contributed by atoms with Gasteiger partial charge < -0.3 is 15.1 Å². The third kappa shape index (κ3) is 2.25. The summed E-state index contributed by atoms with van der Waals surface area (Å²) in [6, 6.07) is 0. The number of aliphatic hydroxyl groups is 2. The van der Waals surface area contributed by atoms with E-state index < -0.39 is 5.60 Å². The third-order valence-corrected chi connectivity index (χ3v) is 5.01. The molecule has 0 aromatic heterocycles. The second kappa shape index (κ2) is 4.52. The van der Waals surface area contributed by atoms with Gasteiger partial charge in [-0.3, -0.25) is 0 Å². The van der Waals surface area contributed by atoms with Crippen LogP contribution in [-0.2, 0) is 0 Å². The Morgan fingerprint density at radius 2 is 1.82 bits per heavy atom. The summed E-state index contributed by atoms with van der Waals surface area (Å²) in [5.41, 5.74) is -0.950. The van der Waals surface area contributed by atoms with E-state index in [1.54, 1.807) is 0 Å². The second-order valence-corrected chi connectivity index (χ2v) is 6.81. The highest BCUT2D eigenvalue weighted by Crippen LogP contribution is 2.51. The van der Waals surface area contributed by atoms with E-state index in [1.165, 1.54) is 6.42 Å². The zero-order valence-electron chi connectivity index (χ0n) is 11.4. The van der Waals surface area contributed by atoms with Crippen LogP contribution in [-0.4, -0.2) is 47.5 Å². The predicted octanol–water partition coefficient (Wildman–Crippen LogP) is 1.49. The minimum absolute atomic E-state index is 0.131. The summed E-state index contributed by atoms with van der Waals surface area (Å²) in [5.74, 6) is 1.22. The molecule has 0 aromatic carbocycles. The first kappa shape index (κ1) is 13.3. The fourth-order valence-electron chi connectivity index (χ4n) is 4.34. The van der Waals surface area contributed by atoms with Crippen LogP contribution in [0.3, 0.4) is 0 Å². The van der Waals surface area contributed by atoms with Crippen LogP contribution >= 0.6 is 0 Å². The molecule has 0 radical (unpaired) electrons. The maximum Gasteiger partial charge on any atom is 0.0864 e. The van der Waals surface area contributed by atoms with Crippen molar-refractivity contribution in [3.8, 4) is 0 Å². The van der Waals surface area contributed by atoms with Gasteiger partial charge in [-0.25, -0.2) is 0 Å². The summed E-state index contributed by atoms with van der Waals surface area (Å²) in [6.07, 6.45) is 3.98. The summed E-state index contributed by atoms with van der Waals surface area (Å²) in [5, 5.41) is 20.9. The minimum Gasteiger partial charge on any atom is -0.396 e. The van der Waals surface area contributed by atoms with E-state index in [0.717, 1.165) is 25.8 Å². The fourth-order valence-corrected chi connectivity index (χ4v) is 4.34. The Morgan fingerprint density at radius 3 is 2.24 bits per heavy atom. The number of β-amino-alcohol motifs (C(OH)–C–C–N with tert-alkyl or cyclic N) is 1. The van der Waals surface area contributed by atoms with Gasteiger partial charge in [0.2, 0.25) is 0 Å². The van der Waals surface area contributed by atoms with Crippen LogP contribution in [0.25, 0.3) is 0 Å². The second-order valence-electron chi connectivity index (χ2n) is 6.81. The topological polar surface area (TPSA) is 43.7 Å². The molecule has 0 aromatic rings. The van der Waals surface area contributed by atoms with Crippen molar-refractivity contribution in [1.82, 2.24) is 4.90 Å². The number of nitrogens with zero attached hydrogens (tertiary/aromatic N) is 1. The highest BCUT2D eigenvalue weighted by atomic mass is 16.3. The summed E-state index contributed by atoms with van der Waals surface area (Å²) in [7, 11) is 2.05. The Bertz CT molecular complexity index is 271. The largest absolute Gasteiger partial charge is 0.396 e. The molecular weight excluding hydrogens is 214 g/mol. The lowest BCUT2D eigenvalue weighted by Gasteiger charge is -2.50. The van der Waals surface area contributed by atoms with Crippen molar-refractivity contribution >= 4 is 0 Å².